The van der Waals surface area contributed by atoms with Crippen LogP contribution in [0.1, 0.15) is 13.8 Å². The van der Waals surface area contributed by atoms with Gasteiger partial charge in [-0.2, -0.15) is 0 Å². The molecule has 68 valence electrons. The Morgan fingerprint density at radius 1 is 1.45 bits per heavy atom. The van der Waals surface area contributed by atoms with E-state index in [1.807, 2.05) is 0 Å². The van der Waals surface area contributed by atoms with Crippen LogP contribution in [-0.4, -0.2) is 28.1 Å². The van der Waals surface area contributed by atoms with Crippen molar-refractivity contribution in [3.05, 3.63) is 0 Å². The molecular formula is C5H13O4PS. The van der Waals surface area contributed by atoms with Gasteiger partial charge in [-0.3, -0.25) is 0 Å². The fourth-order valence-corrected chi connectivity index (χ4v) is 0.980. The lowest BCUT2D eigenvalue weighted by molar-refractivity contribution is 0.0890. The van der Waals surface area contributed by atoms with Gasteiger partial charge in [0.2, 0.25) is 0 Å². The van der Waals surface area contributed by atoms with Crippen molar-refractivity contribution >= 4 is 18.5 Å². The molecule has 0 bridgehead atoms. The average Bonchev–Trinajstić information content (AvgIpc) is 1.83. The molecule has 0 aliphatic heterocycles. The monoisotopic (exact) mass is 200 g/mol. The zero-order valence-electron chi connectivity index (χ0n) is 6.52. The smallest absolute Gasteiger partial charge is 0.321 e. The molecule has 0 aromatic heterocycles. The second-order valence-electron chi connectivity index (χ2n) is 3.09. The lowest BCUT2D eigenvalue weighted by Crippen LogP contribution is -2.22. The Hall–Kier alpha value is 0.490. The van der Waals surface area contributed by atoms with E-state index < -0.39 is 12.1 Å². The van der Waals surface area contributed by atoms with Crippen LogP contribution in [0.5, 0.6) is 0 Å². The fourth-order valence-electron chi connectivity index (χ4n) is 0.304. The molecule has 11 heavy (non-hydrogen) atoms. The van der Waals surface area contributed by atoms with Crippen LogP contribution in [0.3, 0.4) is 0 Å². The minimum Gasteiger partial charge on any atom is -0.396 e. The van der Waals surface area contributed by atoms with E-state index in [2.05, 4.69) is 16.3 Å². The molecule has 3 N–H and O–H groups in total. The van der Waals surface area contributed by atoms with Gasteiger partial charge >= 0.3 is 6.72 Å². The summed E-state index contributed by atoms with van der Waals surface area (Å²) in [5.74, 6) is 0. The van der Waals surface area contributed by atoms with Crippen LogP contribution in [-0.2, 0) is 16.3 Å². The van der Waals surface area contributed by atoms with E-state index in [0.717, 1.165) is 0 Å². The van der Waals surface area contributed by atoms with Crippen molar-refractivity contribution in [3.8, 4) is 0 Å². The average molecular weight is 200 g/mol. The van der Waals surface area contributed by atoms with Crippen LogP contribution in [0, 0.1) is 5.41 Å². The van der Waals surface area contributed by atoms with Gasteiger partial charge < -0.3 is 19.4 Å². The minimum atomic E-state index is -3.55. The van der Waals surface area contributed by atoms with Crippen LogP contribution in [0.25, 0.3) is 0 Å². The second kappa shape index (κ2) is 3.94. The van der Waals surface area contributed by atoms with E-state index in [9.17, 15) is 0 Å². The van der Waals surface area contributed by atoms with Gasteiger partial charge in [-0.05, 0) is 11.8 Å². The van der Waals surface area contributed by atoms with Crippen LogP contribution < -0.4 is 0 Å². The Balaban J connectivity index is 3.80. The Morgan fingerprint density at radius 2 is 1.91 bits per heavy atom. The molecule has 0 spiro atoms. The van der Waals surface area contributed by atoms with Gasteiger partial charge in [-0.15, -0.1) is 0 Å². The standard InChI is InChI=1S/C5H13O4PS/c1-5(2,3-6)4-9-10(7,8)11/h6H,3-4H2,1-2H3,(H2,7,8,11). The fraction of sp³-hybridized carbons (Fsp3) is 1.00. The molecular weight excluding hydrogens is 187 g/mol. The van der Waals surface area contributed by atoms with Crippen molar-refractivity contribution in [1.82, 2.24) is 0 Å². The highest BCUT2D eigenvalue weighted by Gasteiger charge is 2.20. The van der Waals surface area contributed by atoms with E-state index in [1.165, 1.54) is 0 Å². The minimum absolute atomic E-state index is 0.0494. The maximum absolute atomic E-state index is 8.73. The summed E-state index contributed by atoms with van der Waals surface area (Å²) in [6.45, 7) is -0.117. The molecule has 0 unspecified atom stereocenters. The summed E-state index contributed by atoms with van der Waals surface area (Å²) in [7, 11) is 0. The maximum atomic E-state index is 8.73. The molecule has 0 amide bonds. The van der Waals surface area contributed by atoms with Gasteiger partial charge in [0.15, 0.2) is 0 Å². The highest BCUT2D eigenvalue weighted by Crippen LogP contribution is 2.38. The summed E-state index contributed by atoms with van der Waals surface area (Å²) in [4.78, 5) is 17.3. The van der Waals surface area contributed by atoms with Crippen molar-refractivity contribution in [2.75, 3.05) is 13.2 Å². The lowest BCUT2D eigenvalue weighted by atomic mass is 9.97. The quantitative estimate of drug-likeness (QED) is 0.567. The third kappa shape index (κ3) is 6.87. The Bertz CT molecular complexity index is 164. The van der Waals surface area contributed by atoms with Crippen molar-refractivity contribution in [2.24, 2.45) is 5.41 Å². The van der Waals surface area contributed by atoms with E-state index in [4.69, 9.17) is 14.9 Å². The summed E-state index contributed by atoms with van der Waals surface area (Å²) >= 11 is 4.22. The Kier molecular flexibility index (Phi) is 4.11. The predicted octanol–water partition coefficient (Wildman–Crippen LogP) is 0.231. The van der Waals surface area contributed by atoms with Crippen molar-refractivity contribution in [1.29, 1.82) is 0 Å². The number of aliphatic hydroxyl groups excluding tert-OH is 1. The van der Waals surface area contributed by atoms with Crippen molar-refractivity contribution < 1.29 is 19.4 Å². The number of hydrogen-bond donors (Lipinski definition) is 3. The predicted molar refractivity (Wildman–Crippen MR) is 45.5 cm³/mol. The molecule has 0 aromatic carbocycles. The van der Waals surface area contributed by atoms with Crippen molar-refractivity contribution in [2.45, 2.75) is 13.8 Å². The van der Waals surface area contributed by atoms with Gasteiger partial charge in [0.05, 0.1) is 13.2 Å². The van der Waals surface area contributed by atoms with Crippen LogP contribution >= 0.6 is 6.72 Å². The molecule has 0 radical (unpaired) electrons. The molecule has 0 atom stereocenters. The third-order valence-corrected chi connectivity index (χ3v) is 1.83. The number of rotatable bonds is 4. The first-order valence-corrected chi connectivity index (χ1v) is 5.70. The molecule has 0 heterocycles. The van der Waals surface area contributed by atoms with Gasteiger partial charge in [-0.25, -0.2) is 0 Å². The van der Waals surface area contributed by atoms with Gasteiger partial charge in [0.25, 0.3) is 0 Å². The molecule has 0 aliphatic carbocycles. The SMILES string of the molecule is CC(C)(CO)COP(O)(O)=S. The topological polar surface area (TPSA) is 69.9 Å². The maximum Gasteiger partial charge on any atom is 0.321 e. The van der Waals surface area contributed by atoms with Crippen LogP contribution in [0.4, 0.5) is 0 Å². The Morgan fingerprint density at radius 3 is 2.18 bits per heavy atom. The van der Waals surface area contributed by atoms with Crippen LogP contribution in [0.15, 0.2) is 0 Å². The molecule has 4 nitrogen and oxygen atoms in total. The first kappa shape index (κ1) is 11.5. The van der Waals surface area contributed by atoms with Gasteiger partial charge in [-0.1, -0.05) is 13.8 Å². The molecule has 0 fully saturated rings. The Labute approximate surface area is 71.1 Å². The third-order valence-electron chi connectivity index (χ3n) is 1.05. The van der Waals surface area contributed by atoms with Gasteiger partial charge in [0, 0.05) is 5.41 Å². The molecule has 6 heteroatoms. The summed E-state index contributed by atoms with van der Waals surface area (Å²) in [5.41, 5.74) is -0.477. The molecule has 0 rings (SSSR count). The van der Waals surface area contributed by atoms with Crippen LogP contribution in [0.2, 0.25) is 0 Å². The van der Waals surface area contributed by atoms with E-state index in [1.54, 1.807) is 13.8 Å². The van der Waals surface area contributed by atoms with E-state index in [0.29, 0.717) is 0 Å². The molecule has 0 saturated carbocycles. The van der Waals surface area contributed by atoms with Crippen molar-refractivity contribution in [3.63, 3.8) is 0 Å². The largest absolute Gasteiger partial charge is 0.396 e. The first-order valence-electron chi connectivity index (χ1n) is 3.08. The van der Waals surface area contributed by atoms with E-state index in [-0.39, 0.29) is 13.2 Å². The molecule has 0 aromatic rings. The first-order chi connectivity index (χ1) is 4.77. The number of hydrogen-bond acceptors (Lipinski definition) is 3. The zero-order chi connectivity index (χ0) is 9.12. The van der Waals surface area contributed by atoms with E-state index >= 15 is 0 Å². The normalized spacial score (nSPS) is 13.5. The highest BCUT2D eigenvalue weighted by molar-refractivity contribution is 8.06. The summed E-state index contributed by atoms with van der Waals surface area (Å²) in [5, 5.41) is 8.73. The molecule has 0 aliphatic rings. The number of aliphatic hydroxyl groups is 1. The second-order valence-corrected chi connectivity index (χ2v) is 5.75. The summed E-state index contributed by atoms with van der Waals surface area (Å²) in [6, 6.07) is 0. The summed E-state index contributed by atoms with van der Waals surface area (Å²) in [6.07, 6.45) is 0. The molecule has 0 saturated heterocycles. The van der Waals surface area contributed by atoms with Gasteiger partial charge in [0.1, 0.15) is 0 Å². The lowest BCUT2D eigenvalue weighted by Gasteiger charge is -2.22. The zero-order valence-corrected chi connectivity index (χ0v) is 8.23. The summed E-state index contributed by atoms with van der Waals surface area (Å²) < 4.78 is 4.56. The highest BCUT2D eigenvalue weighted by atomic mass is 32.5.